The van der Waals surface area contributed by atoms with Crippen molar-refractivity contribution >= 4 is 0 Å². The lowest BCUT2D eigenvalue weighted by atomic mass is 10.1. The second-order valence-electron chi connectivity index (χ2n) is 2.75. The van der Waals surface area contributed by atoms with Crippen LogP contribution < -0.4 is 0 Å². The smallest absolute Gasteiger partial charge is 0.0167 e. The normalized spacial score (nSPS) is 29.3. The van der Waals surface area contributed by atoms with Crippen molar-refractivity contribution in [2.24, 2.45) is 0 Å². The number of allylic oxidation sites excluding steroid dienone is 8. The van der Waals surface area contributed by atoms with Gasteiger partial charge in [0, 0.05) is 0 Å². The average molecular weight is 159 g/mol. The van der Waals surface area contributed by atoms with Gasteiger partial charge in [-0.15, -0.1) is 0 Å². The molecule has 0 fully saturated rings. The minimum absolute atomic E-state index is 1.18. The Balaban J connectivity index is 2.43. The Morgan fingerprint density at radius 3 is 2.08 bits per heavy atom. The molecule has 0 unspecified atom stereocenters. The number of hydrogen-bond acceptors (Lipinski definition) is 0. The summed E-state index contributed by atoms with van der Waals surface area (Å²) in [5.74, 6) is 0. The van der Waals surface area contributed by atoms with Crippen molar-refractivity contribution in [2.75, 3.05) is 0 Å². The maximum Gasteiger partial charge on any atom is -0.0167 e. The van der Waals surface area contributed by atoms with Crippen LogP contribution in [0.3, 0.4) is 0 Å². The molecule has 1 aliphatic rings. The van der Waals surface area contributed by atoms with Crippen LogP contribution >= 0.6 is 0 Å². The second-order valence-corrected chi connectivity index (χ2v) is 2.75. The molecular weight excluding hydrogens is 144 g/mol. The first-order valence-corrected chi connectivity index (χ1v) is 4.48. The maximum atomic E-state index is 2.21. The summed E-state index contributed by atoms with van der Waals surface area (Å²) in [6, 6.07) is 0. The Morgan fingerprint density at radius 2 is 1.25 bits per heavy atom. The fourth-order valence-electron chi connectivity index (χ4n) is 1.02. The lowest BCUT2D eigenvalue weighted by Gasteiger charge is -1.91. The summed E-state index contributed by atoms with van der Waals surface area (Å²) >= 11 is 0. The summed E-state index contributed by atoms with van der Waals surface area (Å²) in [5, 5.41) is 0. The van der Waals surface area contributed by atoms with Crippen LogP contribution in [0.25, 0.3) is 0 Å². The van der Waals surface area contributed by atoms with E-state index in [1.165, 1.54) is 19.3 Å². The zero-order chi connectivity index (χ0) is 8.49. The molecule has 0 aromatic heterocycles. The molecule has 1 rings (SSSR count). The van der Waals surface area contributed by atoms with Gasteiger partial charge in [-0.25, -0.2) is 0 Å². The summed E-state index contributed by atoms with van der Waals surface area (Å²) < 4.78 is 0. The molecule has 0 saturated heterocycles. The molecule has 0 aromatic carbocycles. The van der Waals surface area contributed by atoms with Gasteiger partial charge in [0.2, 0.25) is 0 Å². The minimum Gasteiger partial charge on any atom is -0.0845 e. The van der Waals surface area contributed by atoms with Crippen LogP contribution in [0.4, 0.5) is 0 Å². The van der Waals surface area contributed by atoms with Crippen LogP contribution in [0, 0.1) is 6.42 Å². The number of rotatable bonds is 0. The second kappa shape index (κ2) is 6.66. The molecule has 0 nitrogen and oxygen atoms in total. The summed E-state index contributed by atoms with van der Waals surface area (Å²) in [6.45, 7) is 0. The van der Waals surface area contributed by atoms with Gasteiger partial charge in [-0.05, 0) is 25.7 Å². The first kappa shape index (κ1) is 9.05. The van der Waals surface area contributed by atoms with Crippen molar-refractivity contribution < 1.29 is 0 Å². The van der Waals surface area contributed by atoms with E-state index in [4.69, 9.17) is 0 Å². The first-order valence-electron chi connectivity index (χ1n) is 4.48. The van der Waals surface area contributed by atoms with Gasteiger partial charge in [0.25, 0.3) is 0 Å². The van der Waals surface area contributed by atoms with Crippen molar-refractivity contribution in [3.63, 3.8) is 0 Å². The zero-order valence-corrected chi connectivity index (χ0v) is 7.32. The Morgan fingerprint density at radius 1 is 0.583 bits per heavy atom. The van der Waals surface area contributed by atoms with Gasteiger partial charge in [0.1, 0.15) is 0 Å². The van der Waals surface area contributed by atoms with Crippen molar-refractivity contribution in [1.82, 2.24) is 0 Å². The third kappa shape index (κ3) is 4.73. The Kier molecular flexibility index (Phi) is 5.02. The molecule has 0 atom stereocenters. The molecule has 0 amide bonds. The van der Waals surface area contributed by atoms with Crippen LogP contribution in [-0.4, -0.2) is 0 Å². The lowest BCUT2D eigenvalue weighted by molar-refractivity contribution is 0.843. The Bertz CT molecular complexity index is 180. The summed E-state index contributed by atoms with van der Waals surface area (Å²) in [5.41, 5.74) is 0. The van der Waals surface area contributed by atoms with Crippen LogP contribution in [-0.2, 0) is 0 Å². The van der Waals surface area contributed by atoms with E-state index in [2.05, 4.69) is 36.8 Å². The van der Waals surface area contributed by atoms with E-state index >= 15 is 0 Å². The van der Waals surface area contributed by atoms with E-state index in [1.807, 2.05) is 18.2 Å². The molecule has 0 saturated carbocycles. The predicted molar refractivity (Wildman–Crippen MR) is 54.7 cm³/mol. The molecule has 1 radical (unpaired) electrons. The Hall–Kier alpha value is -1.04. The van der Waals surface area contributed by atoms with Gasteiger partial charge in [-0.1, -0.05) is 48.6 Å². The van der Waals surface area contributed by atoms with E-state index in [0.29, 0.717) is 0 Å². The van der Waals surface area contributed by atoms with E-state index in [9.17, 15) is 0 Å². The topological polar surface area (TPSA) is 0 Å². The minimum atomic E-state index is 1.18. The molecule has 1 aliphatic carbocycles. The zero-order valence-electron chi connectivity index (χ0n) is 7.32. The van der Waals surface area contributed by atoms with Crippen LogP contribution in [0.5, 0.6) is 0 Å². The number of hydrogen-bond donors (Lipinski definition) is 0. The van der Waals surface area contributed by atoms with Crippen LogP contribution in [0.1, 0.15) is 19.3 Å². The lowest BCUT2D eigenvalue weighted by Crippen LogP contribution is -1.73. The molecule has 0 N–H and O–H groups in total. The van der Waals surface area contributed by atoms with Crippen molar-refractivity contribution in [3.8, 4) is 0 Å². The molecule has 0 heteroatoms. The van der Waals surface area contributed by atoms with Gasteiger partial charge in [-0.2, -0.15) is 0 Å². The highest BCUT2D eigenvalue weighted by atomic mass is 13.9. The largest absolute Gasteiger partial charge is 0.0845 e. The fourth-order valence-corrected chi connectivity index (χ4v) is 1.02. The van der Waals surface area contributed by atoms with E-state index < -0.39 is 0 Å². The molecule has 0 aromatic rings. The molecule has 12 heavy (non-hydrogen) atoms. The van der Waals surface area contributed by atoms with E-state index in [0.717, 1.165) is 0 Å². The van der Waals surface area contributed by atoms with Crippen molar-refractivity contribution in [3.05, 3.63) is 55.0 Å². The highest BCUT2D eigenvalue weighted by molar-refractivity contribution is 5.17. The summed E-state index contributed by atoms with van der Waals surface area (Å²) in [7, 11) is 0. The highest BCUT2D eigenvalue weighted by Gasteiger charge is 1.82. The van der Waals surface area contributed by atoms with Crippen molar-refractivity contribution in [1.29, 1.82) is 0 Å². The van der Waals surface area contributed by atoms with E-state index in [-0.39, 0.29) is 0 Å². The van der Waals surface area contributed by atoms with Gasteiger partial charge in [-0.3, -0.25) is 0 Å². The van der Waals surface area contributed by atoms with Gasteiger partial charge < -0.3 is 0 Å². The van der Waals surface area contributed by atoms with Crippen LogP contribution in [0.2, 0.25) is 0 Å². The molecule has 0 heterocycles. The fraction of sp³-hybridized carbons (Fsp3) is 0.250. The molecule has 0 bridgehead atoms. The average Bonchev–Trinajstić information content (AvgIpc) is 2.05. The molecular formula is C12H15. The van der Waals surface area contributed by atoms with Gasteiger partial charge >= 0.3 is 0 Å². The summed E-state index contributed by atoms with van der Waals surface area (Å²) in [6.07, 6.45) is 22.5. The first-order chi connectivity index (χ1) is 6.00. The predicted octanol–water partition coefficient (Wildman–Crippen LogP) is 3.60. The molecule has 63 valence electrons. The quantitative estimate of drug-likeness (QED) is 0.506. The van der Waals surface area contributed by atoms with Crippen molar-refractivity contribution in [2.45, 2.75) is 19.3 Å². The standard InChI is InChI=1S/C12H15/c1-2-4-6-8-10-12-11-9-7-5-3-1/h1-9H,10-12H2/b2-1+,5-3-,6-4-,9-7+. The van der Waals surface area contributed by atoms with Gasteiger partial charge in [0.05, 0.1) is 0 Å². The maximum absolute atomic E-state index is 2.21. The molecule has 0 aliphatic heterocycles. The van der Waals surface area contributed by atoms with E-state index in [1.54, 1.807) is 0 Å². The van der Waals surface area contributed by atoms with Gasteiger partial charge in [0.15, 0.2) is 0 Å². The third-order valence-corrected chi connectivity index (χ3v) is 1.68. The molecule has 0 spiro atoms. The highest BCUT2D eigenvalue weighted by Crippen LogP contribution is 2.01. The monoisotopic (exact) mass is 159 g/mol. The SMILES string of the molecule is [CH]1\C=C/C=C/C=C\C=C\CCC1. The Labute approximate surface area is 75.0 Å². The van der Waals surface area contributed by atoms with Crippen LogP contribution in [0.15, 0.2) is 48.6 Å². The summed E-state index contributed by atoms with van der Waals surface area (Å²) in [4.78, 5) is 0. The third-order valence-electron chi connectivity index (χ3n) is 1.68.